The molecule has 2 aliphatic heterocycles. The Morgan fingerprint density at radius 3 is 1.00 bits per heavy atom. The third-order valence-electron chi connectivity index (χ3n) is 9.08. The summed E-state index contributed by atoms with van der Waals surface area (Å²) in [6.45, 7) is -4.14. The van der Waals surface area contributed by atoms with Crippen molar-refractivity contribution in [3.05, 3.63) is 69.8 Å². The van der Waals surface area contributed by atoms with Gasteiger partial charge in [-0.2, -0.15) is 79.0 Å². The van der Waals surface area contributed by atoms with Crippen LogP contribution in [0.2, 0.25) is 0 Å². The lowest BCUT2D eigenvalue weighted by Gasteiger charge is -2.39. The van der Waals surface area contributed by atoms with Gasteiger partial charge < -0.3 is 4.74 Å². The highest BCUT2D eigenvalue weighted by Crippen LogP contribution is 2.42. The van der Waals surface area contributed by atoms with Crippen LogP contribution in [0.1, 0.15) is 70.9 Å². The average molecular weight is 801 g/mol. The van der Waals surface area contributed by atoms with Crippen LogP contribution < -0.4 is 0 Å². The summed E-state index contributed by atoms with van der Waals surface area (Å²) >= 11 is 0. The van der Waals surface area contributed by atoms with Gasteiger partial charge in [-0.1, -0.05) is 0 Å². The quantitative estimate of drug-likeness (QED) is 0.247. The Morgan fingerprint density at radius 1 is 0.472 bits per heavy atom. The molecule has 0 aromatic heterocycles. The topological polar surface area (TPSA) is 15.7 Å². The van der Waals surface area contributed by atoms with E-state index >= 15 is 0 Å². The predicted molar refractivity (Wildman–Crippen MR) is 150 cm³/mol. The molecule has 53 heavy (non-hydrogen) atoms. The smallest absolute Gasteiger partial charge is 0.353 e. The van der Waals surface area contributed by atoms with Crippen LogP contribution in [0, 0.1) is 0 Å². The fourth-order valence-electron chi connectivity index (χ4n) is 6.53. The Labute approximate surface area is 289 Å². The molecule has 2 aliphatic rings. The van der Waals surface area contributed by atoms with Gasteiger partial charge in [-0.05, 0) is 98.1 Å². The number of ether oxygens (including phenoxy) is 1. The predicted octanol–water partition coefficient (Wildman–Crippen LogP) is 10.7. The van der Waals surface area contributed by atoms with E-state index in [2.05, 4.69) is 4.74 Å². The molecule has 0 N–H and O–H groups in total. The van der Waals surface area contributed by atoms with Crippen LogP contribution in [0.3, 0.4) is 0 Å². The summed E-state index contributed by atoms with van der Waals surface area (Å²) < 4.78 is 250. The lowest BCUT2D eigenvalue weighted by Crippen LogP contribution is -2.52. The van der Waals surface area contributed by atoms with Crippen LogP contribution in [0.15, 0.2) is 36.4 Å². The molecule has 2 fully saturated rings. The van der Waals surface area contributed by atoms with Crippen LogP contribution in [-0.2, 0) is 29.4 Å². The Hall–Kier alpha value is -2.94. The fraction of sp³-hybridized carbons (Fsp3) is 0.625. The molecular formula is C32H30F18N2O. The highest BCUT2D eigenvalue weighted by molar-refractivity contribution is 5.37. The maximum absolute atomic E-state index is 14.2. The van der Waals surface area contributed by atoms with Crippen molar-refractivity contribution in [3.8, 4) is 0 Å². The summed E-state index contributed by atoms with van der Waals surface area (Å²) in [5.41, 5.74) is -7.60. The first kappa shape index (κ1) is 42.8. The molecule has 0 bridgehead atoms. The number of likely N-dealkylation sites (tertiary alicyclic amines) is 2. The van der Waals surface area contributed by atoms with Crippen LogP contribution in [0.4, 0.5) is 79.0 Å². The summed E-state index contributed by atoms with van der Waals surface area (Å²) in [6.07, 6.45) is -38.3. The molecule has 0 radical (unpaired) electrons. The molecule has 0 aliphatic carbocycles. The van der Waals surface area contributed by atoms with Gasteiger partial charge in [0, 0.05) is 26.2 Å². The van der Waals surface area contributed by atoms with Crippen molar-refractivity contribution in [2.45, 2.75) is 86.8 Å². The number of nitrogens with zero attached hydrogens (tertiary/aromatic N) is 2. The molecule has 2 saturated heterocycles. The number of rotatable bonds is 8. The average Bonchev–Trinajstić information content (AvgIpc) is 3.01. The van der Waals surface area contributed by atoms with E-state index in [-0.39, 0.29) is 50.9 Å². The Kier molecular flexibility index (Phi) is 12.4. The standard InChI is InChI=1S/C32H30F18N2O/c33-27(34,35)21-7-19(8-22(11-21)28(36,37)38)17-3-1-5-51(13-17)15-25(31(45,46)47)53-26(32(48,49)50)16-52-6-2-4-18(14-52)20-9-23(29(39,40)41)12-24(10-20)30(42,43)44/h7-12,17-18,25-26H,1-6,13-16H2/t17-,18-,25+,26+/m1/s1. The number of alkyl halides is 18. The van der Waals surface area contributed by atoms with Crippen molar-refractivity contribution in [2.24, 2.45) is 0 Å². The van der Waals surface area contributed by atoms with E-state index in [1.807, 2.05) is 0 Å². The van der Waals surface area contributed by atoms with E-state index in [9.17, 15) is 79.0 Å². The monoisotopic (exact) mass is 800 g/mol. The number of benzene rings is 2. The summed E-state index contributed by atoms with van der Waals surface area (Å²) in [6, 6.07) is 1.45. The van der Waals surface area contributed by atoms with E-state index < -0.39 is 121 Å². The van der Waals surface area contributed by atoms with E-state index in [4.69, 9.17) is 0 Å². The maximum atomic E-state index is 14.2. The zero-order valence-electron chi connectivity index (χ0n) is 27.0. The number of halogens is 18. The number of hydrogen-bond acceptors (Lipinski definition) is 3. The highest BCUT2D eigenvalue weighted by Gasteiger charge is 2.50. The van der Waals surface area contributed by atoms with Gasteiger partial charge in [0.2, 0.25) is 0 Å². The molecule has 2 aromatic carbocycles. The van der Waals surface area contributed by atoms with Crippen molar-refractivity contribution in [1.82, 2.24) is 9.80 Å². The molecule has 2 aromatic rings. The van der Waals surface area contributed by atoms with Crippen LogP contribution in [0.25, 0.3) is 0 Å². The first-order valence-corrected chi connectivity index (χ1v) is 15.8. The second-order valence-corrected chi connectivity index (χ2v) is 13.1. The van der Waals surface area contributed by atoms with Crippen LogP contribution in [0.5, 0.6) is 0 Å². The first-order valence-electron chi connectivity index (χ1n) is 15.8. The third-order valence-corrected chi connectivity index (χ3v) is 9.08. The summed E-state index contributed by atoms with van der Waals surface area (Å²) in [4.78, 5) is 1.83. The van der Waals surface area contributed by atoms with Crippen molar-refractivity contribution in [2.75, 3.05) is 39.3 Å². The van der Waals surface area contributed by atoms with Crippen LogP contribution >= 0.6 is 0 Å². The van der Waals surface area contributed by atoms with Crippen molar-refractivity contribution >= 4 is 0 Å². The third kappa shape index (κ3) is 11.5. The first-order chi connectivity index (χ1) is 24.0. The van der Waals surface area contributed by atoms with Gasteiger partial charge in [-0.25, -0.2) is 0 Å². The molecule has 21 heteroatoms. The lowest BCUT2D eigenvalue weighted by atomic mass is 9.88. The highest BCUT2D eigenvalue weighted by atomic mass is 19.4. The summed E-state index contributed by atoms with van der Waals surface area (Å²) in [5.74, 6) is -2.34. The summed E-state index contributed by atoms with van der Waals surface area (Å²) in [7, 11) is 0. The SMILES string of the molecule is FC(F)(F)c1cc([C@@H]2CCCN(C[C@H](O[C@@H](CN3CCC[C@@H](c4cc(C(F)(F)F)cc(C(F)(F)F)c4)C3)C(F)(F)F)C(F)(F)F)C2)cc(C(F)(F)F)c1. The van der Waals surface area contributed by atoms with Gasteiger partial charge in [0.1, 0.15) is 0 Å². The molecule has 0 amide bonds. The Balaban J connectivity index is 1.53. The van der Waals surface area contributed by atoms with Gasteiger partial charge in [-0.15, -0.1) is 0 Å². The number of hydrogen-bond donors (Lipinski definition) is 0. The summed E-state index contributed by atoms with van der Waals surface area (Å²) in [5, 5.41) is 0. The molecule has 3 nitrogen and oxygen atoms in total. The molecule has 0 saturated carbocycles. The molecule has 2 heterocycles. The maximum Gasteiger partial charge on any atom is 0.416 e. The van der Waals surface area contributed by atoms with Crippen molar-refractivity contribution in [1.29, 1.82) is 0 Å². The zero-order valence-corrected chi connectivity index (χ0v) is 27.0. The van der Waals surface area contributed by atoms with Crippen molar-refractivity contribution < 1.29 is 83.8 Å². The minimum absolute atomic E-state index is 0.0453. The minimum Gasteiger partial charge on any atom is -0.353 e. The Bertz CT molecular complexity index is 1360. The molecule has 0 unspecified atom stereocenters. The molecule has 0 spiro atoms. The number of piperidine rings is 2. The largest absolute Gasteiger partial charge is 0.416 e. The molecule has 4 atom stereocenters. The second kappa shape index (κ2) is 15.3. The lowest BCUT2D eigenvalue weighted by molar-refractivity contribution is -0.290. The van der Waals surface area contributed by atoms with Gasteiger partial charge in [0.15, 0.2) is 12.2 Å². The normalized spacial score (nSPS) is 21.8. The van der Waals surface area contributed by atoms with E-state index in [1.54, 1.807) is 0 Å². The van der Waals surface area contributed by atoms with E-state index in [1.165, 1.54) is 0 Å². The van der Waals surface area contributed by atoms with Gasteiger partial charge in [-0.3, -0.25) is 9.80 Å². The molecular weight excluding hydrogens is 770 g/mol. The fourth-order valence-corrected chi connectivity index (χ4v) is 6.53. The molecule has 300 valence electrons. The van der Waals surface area contributed by atoms with Gasteiger partial charge >= 0.3 is 37.1 Å². The van der Waals surface area contributed by atoms with Gasteiger partial charge in [0.05, 0.1) is 22.3 Å². The van der Waals surface area contributed by atoms with E-state index in [0.29, 0.717) is 24.3 Å². The van der Waals surface area contributed by atoms with Crippen LogP contribution in [-0.4, -0.2) is 73.6 Å². The Morgan fingerprint density at radius 2 is 0.755 bits per heavy atom. The van der Waals surface area contributed by atoms with Gasteiger partial charge in [0.25, 0.3) is 0 Å². The second-order valence-electron chi connectivity index (χ2n) is 13.1. The minimum atomic E-state index is -5.47. The van der Waals surface area contributed by atoms with E-state index in [0.717, 1.165) is 9.80 Å². The molecule has 4 rings (SSSR count). The van der Waals surface area contributed by atoms with Crippen molar-refractivity contribution in [3.63, 3.8) is 0 Å². The zero-order chi connectivity index (χ0) is 39.9.